The molecule has 1 heterocycles. The van der Waals surface area contributed by atoms with Gasteiger partial charge in [-0.3, -0.25) is 4.79 Å². The van der Waals surface area contributed by atoms with Crippen LogP contribution in [0.2, 0.25) is 0 Å². The van der Waals surface area contributed by atoms with E-state index in [4.69, 9.17) is 9.47 Å². The molecule has 0 saturated carbocycles. The standard InChI is InChI=1S/C23H29N5O3/c1-15(28(2)3)25-17-8-6-7-16(11-17)9-10-24-14-22-26-19-13-21(31-5)20(30-4)12-18(19)23(29)27-22/h6-8,11-13,24H,9-10,14H2,1-5H3,(H,26,27,29)/b25-15+. The molecule has 0 atom stereocenters. The number of rotatable bonds is 8. The molecule has 3 rings (SSSR count). The molecule has 1 aromatic heterocycles. The summed E-state index contributed by atoms with van der Waals surface area (Å²) < 4.78 is 10.6. The molecule has 3 aromatic rings. The molecule has 0 bridgehead atoms. The van der Waals surface area contributed by atoms with E-state index < -0.39 is 0 Å². The van der Waals surface area contributed by atoms with Crippen molar-refractivity contribution in [2.24, 2.45) is 4.99 Å². The summed E-state index contributed by atoms with van der Waals surface area (Å²) >= 11 is 0. The maximum Gasteiger partial charge on any atom is 0.280 e. The van der Waals surface area contributed by atoms with Crippen LogP contribution < -0.4 is 20.3 Å². The van der Waals surface area contributed by atoms with Gasteiger partial charge in [-0.25, -0.2) is 4.99 Å². The lowest BCUT2D eigenvalue weighted by Crippen LogP contribution is -2.21. The largest absolute Gasteiger partial charge is 0.493 e. The zero-order chi connectivity index (χ0) is 22.4. The number of hydrogen-bond donors (Lipinski definition) is 2. The Labute approximate surface area is 181 Å². The highest BCUT2D eigenvalue weighted by atomic mass is 16.5. The summed E-state index contributed by atoms with van der Waals surface area (Å²) in [6, 6.07) is 11.6. The minimum absolute atomic E-state index is 0.298. The Morgan fingerprint density at radius 2 is 1.90 bits per heavy atom. The maximum absolute atomic E-state index is 12.4. The van der Waals surface area contributed by atoms with Crippen molar-refractivity contribution in [2.75, 3.05) is 34.9 Å². The van der Waals surface area contributed by atoms with Crippen molar-refractivity contribution in [3.05, 3.63) is 58.1 Å². The number of H-pyrrole nitrogens is 1. The van der Waals surface area contributed by atoms with Gasteiger partial charge >= 0.3 is 0 Å². The van der Waals surface area contributed by atoms with Crippen LogP contribution in [0.5, 0.6) is 11.5 Å². The second-order valence-electron chi connectivity index (χ2n) is 7.39. The summed E-state index contributed by atoms with van der Waals surface area (Å²) in [7, 11) is 7.05. The van der Waals surface area contributed by atoms with Gasteiger partial charge in [0.05, 0.1) is 37.4 Å². The number of ether oxygens (including phenoxy) is 2. The normalized spacial score (nSPS) is 11.6. The van der Waals surface area contributed by atoms with Crippen molar-refractivity contribution in [3.63, 3.8) is 0 Å². The van der Waals surface area contributed by atoms with Crippen LogP contribution in [0.25, 0.3) is 10.9 Å². The third-order valence-electron chi connectivity index (χ3n) is 5.00. The second-order valence-corrected chi connectivity index (χ2v) is 7.39. The Kier molecular flexibility index (Phi) is 7.25. The minimum atomic E-state index is -0.298. The van der Waals surface area contributed by atoms with Crippen LogP contribution in [0, 0.1) is 0 Å². The summed E-state index contributed by atoms with van der Waals surface area (Å²) in [6.45, 7) is 3.18. The fourth-order valence-electron chi connectivity index (χ4n) is 3.12. The molecule has 0 radical (unpaired) electrons. The first-order valence-corrected chi connectivity index (χ1v) is 10.1. The van der Waals surface area contributed by atoms with Crippen LogP contribution in [0.3, 0.4) is 0 Å². The van der Waals surface area contributed by atoms with Gasteiger partial charge in [-0.1, -0.05) is 12.1 Å². The number of amidine groups is 1. The molecule has 31 heavy (non-hydrogen) atoms. The molecular formula is C23H29N5O3. The molecule has 8 heteroatoms. The molecule has 0 saturated heterocycles. The van der Waals surface area contributed by atoms with Gasteiger partial charge in [0.1, 0.15) is 11.7 Å². The first kappa shape index (κ1) is 22.3. The monoisotopic (exact) mass is 423 g/mol. The van der Waals surface area contributed by atoms with Crippen molar-refractivity contribution in [1.29, 1.82) is 0 Å². The molecule has 2 aromatic carbocycles. The molecule has 8 nitrogen and oxygen atoms in total. The van der Waals surface area contributed by atoms with Gasteiger partial charge in [0.2, 0.25) is 0 Å². The van der Waals surface area contributed by atoms with E-state index in [9.17, 15) is 4.79 Å². The predicted molar refractivity (Wildman–Crippen MR) is 124 cm³/mol. The van der Waals surface area contributed by atoms with Gasteiger partial charge in [-0.2, -0.15) is 4.98 Å². The van der Waals surface area contributed by atoms with Crippen LogP contribution in [-0.2, 0) is 13.0 Å². The van der Waals surface area contributed by atoms with Crippen molar-refractivity contribution in [1.82, 2.24) is 20.2 Å². The first-order valence-electron chi connectivity index (χ1n) is 10.1. The SMILES string of the molecule is COc1cc2[nH]c(CNCCc3cccc(/N=C(\C)N(C)C)c3)nc(=O)c2cc1OC. The predicted octanol–water partition coefficient (Wildman–Crippen LogP) is 2.88. The Morgan fingerprint density at radius 1 is 1.16 bits per heavy atom. The zero-order valence-corrected chi connectivity index (χ0v) is 18.7. The fourth-order valence-corrected chi connectivity index (χ4v) is 3.12. The number of aliphatic imine (C=N–C) groups is 1. The van der Waals surface area contributed by atoms with E-state index in [-0.39, 0.29) is 5.56 Å². The molecule has 0 fully saturated rings. The molecule has 0 aliphatic carbocycles. The number of aromatic amines is 1. The highest BCUT2D eigenvalue weighted by molar-refractivity contribution is 5.82. The summed E-state index contributed by atoms with van der Waals surface area (Å²) in [5.74, 6) is 2.59. The Morgan fingerprint density at radius 3 is 2.61 bits per heavy atom. The summed E-state index contributed by atoms with van der Waals surface area (Å²) in [5, 5.41) is 3.80. The molecular weight excluding hydrogens is 394 g/mol. The van der Waals surface area contributed by atoms with Crippen LogP contribution >= 0.6 is 0 Å². The number of fused-ring (bicyclic) bond motifs is 1. The van der Waals surface area contributed by atoms with E-state index in [0.717, 1.165) is 24.5 Å². The van der Waals surface area contributed by atoms with E-state index in [1.54, 1.807) is 19.2 Å². The maximum atomic E-state index is 12.4. The third-order valence-corrected chi connectivity index (χ3v) is 5.00. The number of hydrogen-bond acceptors (Lipinski definition) is 6. The summed E-state index contributed by atoms with van der Waals surface area (Å²) in [4.78, 5) is 26.4. The lowest BCUT2D eigenvalue weighted by Gasteiger charge is -2.11. The molecule has 164 valence electrons. The average Bonchev–Trinajstić information content (AvgIpc) is 2.76. The number of methoxy groups -OCH3 is 2. The van der Waals surface area contributed by atoms with E-state index in [0.29, 0.717) is 34.8 Å². The van der Waals surface area contributed by atoms with Crippen molar-refractivity contribution < 1.29 is 9.47 Å². The van der Waals surface area contributed by atoms with Crippen LogP contribution in [0.4, 0.5) is 5.69 Å². The lowest BCUT2D eigenvalue weighted by molar-refractivity contribution is 0.355. The van der Waals surface area contributed by atoms with E-state index in [2.05, 4.69) is 32.4 Å². The third kappa shape index (κ3) is 5.61. The lowest BCUT2D eigenvalue weighted by atomic mass is 10.1. The fraction of sp³-hybridized carbons (Fsp3) is 0.348. The molecule has 0 aliphatic rings. The first-order chi connectivity index (χ1) is 14.9. The van der Waals surface area contributed by atoms with Crippen LogP contribution in [0.15, 0.2) is 46.2 Å². The quantitative estimate of drug-likeness (QED) is 0.329. The molecule has 2 N–H and O–H groups in total. The van der Waals surface area contributed by atoms with Crippen molar-refractivity contribution in [2.45, 2.75) is 19.9 Å². The zero-order valence-electron chi connectivity index (χ0n) is 18.7. The molecule has 0 amide bonds. The van der Waals surface area contributed by atoms with Crippen molar-refractivity contribution in [3.8, 4) is 11.5 Å². The van der Waals surface area contributed by atoms with Gasteiger partial charge in [0.25, 0.3) is 5.56 Å². The highest BCUT2D eigenvalue weighted by Gasteiger charge is 2.10. The Bertz CT molecular complexity index is 1140. The van der Waals surface area contributed by atoms with Crippen molar-refractivity contribution >= 4 is 22.4 Å². The smallest absolute Gasteiger partial charge is 0.280 e. The van der Waals surface area contributed by atoms with Gasteiger partial charge in [0, 0.05) is 20.2 Å². The number of nitrogens with one attached hydrogen (secondary N) is 2. The molecule has 0 spiro atoms. The summed E-state index contributed by atoms with van der Waals surface area (Å²) in [5.41, 5.74) is 2.50. The molecule has 0 aliphatic heterocycles. The molecule has 0 unspecified atom stereocenters. The Hall–Kier alpha value is -3.39. The van der Waals surface area contributed by atoms with Gasteiger partial charge in [0.15, 0.2) is 11.5 Å². The Balaban J connectivity index is 1.65. The van der Waals surface area contributed by atoms with E-state index in [1.807, 2.05) is 38.1 Å². The topological polar surface area (TPSA) is 91.8 Å². The van der Waals surface area contributed by atoms with Crippen LogP contribution in [-0.4, -0.2) is 55.6 Å². The van der Waals surface area contributed by atoms with Gasteiger partial charge in [-0.15, -0.1) is 0 Å². The highest BCUT2D eigenvalue weighted by Crippen LogP contribution is 2.29. The second kappa shape index (κ2) is 10.1. The van der Waals surface area contributed by atoms with Gasteiger partial charge < -0.3 is 24.7 Å². The van der Waals surface area contributed by atoms with Crippen LogP contribution in [0.1, 0.15) is 18.3 Å². The average molecular weight is 424 g/mol. The summed E-state index contributed by atoms with van der Waals surface area (Å²) in [6.07, 6.45) is 0.840. The van der Waals surface area contributed by atoms with E-state index >= 15 is 0 Å². The number of benzene rings is 2. The number of aromatic nitrogens is 2. The minimum Gasteiger partial charge on any atom is -0.493 e. The van der Waals surface area contributed by atoms with Gasteiger partial charge in [-0.05, 0) is 43.7 Å². The number of nitrogens with zero attached hydrogens (tertiary/aromatic N) is 3. The van der Waals surface area contributed by atoms with E-state index in [1.165, 1.54) is 12.7 Å².